The summed E-state index contributed by atoms with van der Waals surface area (Å²) in [7, 11) is 1.35. The van der Waals surface area contributed by atoms with Gasteiger partial charge in [0.2, 0.25) is 0 Å². The highest BCUT2D eigenvalue weighted by Gasteiger charge is 2.46. The van der Waals surface area contributed by atoms with Crippen molar-refractivity contribution in [2.24, 2.45) is 5.41 Å². The smallest absolute Gasteiger partial charge is 0.407 e. The predicted octanol–water partition coefficient (Wildman–Crippen LogP) is 8.57. The first-order chi connectivity index (χ1) is 21.5. The van der Waals surface area contributed by atoms with Crippen molar-refractivity contribution >= 4 is 52.7 Å². The Bertz CT molecular complexity index is 1520. The molecule has 2 aromatic carbocycles. The summed E-state index contributed by atoms with van der Waals surface area (Å²) in [5.41, 5.74) is 1.27. The van der Waals surface area contributed by atoms with E-state index in [1.54, 1.807) is 6.07 Å². The van der Waals surface area contributed by atoms with Gasteiger partial charge in [0.1, 0.15) is 17.2 Å². The van der Waals surface area contributed by atoms with Gasteiger partial charge in [-0.3, -0.25) is 0 Å². The summed E-state index contributed by atoms with van der Waals surface area (Å²) in [5.74, 6) is -0.0163. The number of carbonyl (C=O) groups excluding carboxylic acids is 2. The van der Waals surface area contributed by atoms with Gasteiger partial charge in [0.15, 0.2) is 11.4 Å². The zero-order valence-electron chi connectivity index (χ0n) is 26.0. The summed E-state index contributed by atoms with van der Waals surface area (Å²) < 4.78 is 17.1. The maximum Gasteiger partial charge on any atom is 0.407 e. The third-order valence-electron chi connectivity index (χ3n) is 8.37. The number of carbonyl (C=O) groups is 2. The Morgan fingerprint density at radius 3 is 2.49 bits per heavy atom. The Balaban J connectivity index is 1.43. The third-order valence-corrected chi connectivity index (χ3v) is 10.3. The monoisotopic (exact) mass is 671 g/mol. The molecule has 8 nitrogen and oxygen atoms in total. The maximum atomic E-state index is 13.2. The fourth-order valence-corrected chi connectivity index (χ4v) is 7.52. The van der Waals surface area contributed by atoms with Crippen LogP contribution in [0.2, 0.25) is 10.0 Å². The van der Waals surface area contributed by atoms with Crippen LogP contribution < -0.4 is 15.0 Å². The van der Waals surface area contributed by atoms with Gasteiger partial charge in [0.25, 0.3) is 0 Å². The number of aromatic nitrogens is 1. The highest BCUT2D eigenvalue weighted by atomic mass is 35.5. The number of hydrogen-bond donors (Lipinski definition) is 1. The number of benzene rings is 2. The second-order valence-electron chi connectivity index (χ2n) is 12.5. The van der Waals surface area contributed by atoms with Gasteiger partial charge in [0.05, 0.1) is 22.8 Å². The predicted molar refractivity (Wildman–Crippen MR) is 178 cm³/mol. The van der Waals surface area contributed by atoms with Gasteiger partial charge in [-0.15, -0.1) is 0 Å². The van der Waals surface area contributed by atoms with Crippen LogP contribution in [0.5, 0.6) is 5.75 Å². The molecule has 240 valence electrons. The van der Waals surface area contributed by atoms with E-state index in [4.69, 9.17) is 42.4 Å². The van der Waals surface area contributed by atoms with Crippen molar-refractivity contribution in [1.82, 2.24) is 10.3 Å². The number of halogens is 2. The van der Waals surface area contributed by atoms with Crippen LogP contribution in [-0.2, 0) is 16.1 Å². The summed E-state index contributed by atoms with van der Waals surface area (Å²) in [4.78, 5) is 33.5. The average Bonchev–Trinajstić information content (AvgIpc) is 3.38. The number of nitrogens with one attached hydrogen (secondary N) is 1. The van der Waals surface area contributed by atoms with Crippen LogP contribution in [0.15, 0.2) is 64.5 Å². The number of esters is 1. The Labute approximate surface area is 279 Å². The molecule has 2 aliphatic rings. The molecule has 1 aromatic heterocycles. The van der Waals surface area contributed by atoms with Crippen molar-refractivity contribution in [3.05, 3.63) is 75.9 Å². The first-order valence-electron chi connectivity index (χ1n) is 15.1. The van der Waals surface area contributed by atoms with E-state index in [0.717, 1.165) is 37.7 Å². The minimum absolute atomic E-state index is 0.0297. The molecular weight excluding hydrogens is 633 g/mol. The summed E-state index contributed by atoms with van der Waals surface area (Å²) in [6, 6.07) is 17.2. The lowest BCUT2D eigenvalue weighted by Crippen LogP contribution is -2.51. The fourth-order valence-electron chi connectivity index (χ4n) is 6.14. The Morgan fingerprint density at radius 1 is 1.07 bits per heavy atom. The second-order valence-corrected chi connectivity index (χ2v) is 14.3. The van der Waals surface area contributed by atoms with Crippen molar-refractivity contribution in [3.63, 3.8) is 0 Å². The van der Waals surface area contributed by atoms with Crippen molar-refractivity contribution in [3.8, 4) is 5.75 Å². The second kappa shape index (κ2) is 14.1. The Kier molecular flexibility index (Phi) is 10.4. The highest BCUT2D eigenvalue weighted by Crippen LogP contribution is 2.48. The molecular formula is C34H39Cl2N3O5S. The molecule has 1 aliphatic heterocycles. The van der Waals surface area contributed by atoms with Crippen LogP contribution in [0.1, 0.15) is 68.9 Å². The van der Waals surface area contributed by atoms with Crippen LogP contribution in [-0.4, -0.2) is 48.9 Å². The first-order valence-corrected chi connectivity index (χ1v) is 16.7. The van der Waals surface area contributed by atoms with Gasteiger partial charge in [-0.1, -0.05) is 77.8 Å². The molecule has 1 saturated heterocycles. The lowest BCUT2D eigenvalue weighted by atomic mass is 9.74. The van der Waals surface area contributed by atoms with Crippen LogP contribution >= 0.6 is 35.0 Å². The number of nitrogens with zero attached hydrogens (tertiary/aromatic N) is 2. The molecule has 2 fully saturated rings. The average molecular weight is 673 g/mol. The minimum Gasteiger partial charge on any atom is -0.486 e. The van der Waals surface area contributed by atoms with Gasteiger partial charge in [-0.25, -0.2) is 14.6 Å². The van der Waals surface area contributed by atoms with Crippen LogP contribution in [0.25, 0.3) is 0 Å². The number of hydrogen-bond acceptors (Lipinski definition) is 8. The normalized spacial score (nSPS) is 17.6. The Hall–Kier alpha value is -3.14. The lowest BCUT2D eigenvalue weighted by molar-refractivity contribution is 0.0441. The zero-order valence-corrected chi connectivity index (χ0v) is 28.4. The summed E-state index contributed by atoms with van der Waals surface area (Å²) >= 11 is 14.1. The number of amides is 1. The third kappa shape index (κ3) is 7.99. The molecule has 3 aromatic rings. The lowest BCUT2D eigenvalue weighted by Gasteiger charge is -2.44. The molecule has 11 heteroatoms. The fraction of sp³-hybridized carbons (Fsp3) is 0.441. The molecule has 1 atom stereocenters. The van der Waals surface area contributed by atoms with Crippen LogP contribution in [0.3, 0.4) is 0 Å². The van der Waals surface area contributed by atoms with Gasteiger partial charge >= 0.3 is 12.1 Å². The summed E-state index contributed by atoms with van der Waals surface area (Å²) in [5, 5.41) is 4.46. The molecule has 1 saturated carbocycles. The molecule has 1 N–H and O–H groups in total. The van der Waals surface area contributed by atoms with E-state index >= 15 is 0 Å². The van der Waals surface area contributed by atoms with Gasteiger partial charge < -0.3 is 24.4 Å². The number of piperidine rings is 1. The van der Waals surface area contributed by atoms with Crippen molar-refractivity contribution < 1.29 is 23.8 Å². The molecule has 1 unspecified atom stereocenters. The van der Waals surface area contributed by atoms with Gasteiger partial charge in [-0.2, -0.15) is 0 Å². The minimum atomic E-state index is -0.556. The molecule has 1 spiro atoms. The molecule has 1 aliphatic carbocycles. The van der Waals surface area contributed by atoms with E-state index in [-0.39, 0.29) is 23.2 Å². The first kappa shape index (κ1) is 33.2. The summed E-state index contributed by atoms with van der Waals surface area (Å²) in [6.07, 6.45) is 4.33. The summed E-state index contributed by atoms with van der Waals surface area (Å²) in [6.45, 7) is 7.29. The van der Waals surface area contributed by atoms with Gasteiger partial charge in [-0.05, 0) is 69.6 Å². The van der Waals surface area contributed by atoms with E-state index in [2.05, 4.69) is 10.2 Å². The zero-order chi connectivity index (χ0) is 32.2. The number of rotatable bonds is 8. The molecule has 0 radical (unpaired) electrons. The number of pyridine rings is 1. The number of ether oxygens (including phenoxy) is 3. The van der Waals surface area contributed by atoms with E-state index in [0.29, 0.717) is 51.1 Å². The van der Waals surface area contributed by atoms with Crippen molar-refractivity contribution in [2.75, 3.05) is 25.1 Å². The highest BCUT2D eigenvalue weighted by molar-refractivity contribution is 7.99. The SMILES string of the molecule is COC(=O)c1nc(Sc2cccc(Cl)c2Cl)c(OCc2ccccc2)cc1N1CCC2(CCCC2NC(=O)OC(C)(C)C)CC1. The largest absolute Gasteiger partial charge is 0.486 e. The quantitative estimate of drug-likeness (QED) is 0.238. The number of anilines is 1. The van der Waals surface area contributed by atoms with Crippen LogP contribution in [0, 0.1) is 5.41 Å². The molecule has 5 rings (SSSR count). The topological polar surface area (TPSA) is 90.0 Å². The molecule has 1 amide bonds. The van der Waals surface area contributed by atoms with Crippen LogP contribution in [0.4, 0.5) is 10.5 Å². The van der Waals surface area contributed by atoms with E-state index in [1.807, 2.05) is 69.3 Å². The standard InChI is InChI=1S/C34H39Cl2N3O5S/c1-33(2,3)44-32(41)37-27-14-9-15-34(27)16-18-39(19-17-34)24-20-25(43-21-22-10-6-5-7-11-22)30(38-29(24)31(40)42-4)45-26-13-8-12-23(35)28(26)36/h5-8,10-13,20,27H,9,14-19,21H2,1-4H3,(H,37,41). The van der Waals surface area contributed by atoms with E-state index < -0.39 is 11.6 Å². The molecule has 2 heterocycles. The maximum absolute atomic E-state index is 13.2. The van der Waals surface area contributed by atoms with E-state index in [1.165, 1.54) is 18.9 Å². The Morgan fingerprint density at radius 2 is 1.80 bits per heavy atom. The molecule has 45 heavy (non-hydrogen) atoms. The number of methoxy groups -OCH3 is 1. The number of alkyl carbamates (subject to hydrolysis) is 1. The van der Waals surface area contributed by atoms with Crippen molar-refractivity contribution in [2.45, 2.75) is 81.0 Å². The molecule has 0 bridgehead atoms. The van der Waals surface area contributed by atoms with E-state index in [9.17, 15) is 9.59 Å². The van der Waals surface area contributed by atoms with Gasteiger partial charge in [0, 0.05) is 30.1 Å². The van der Waals surface area contributed by atoms with Crippen molar-refractivity contribution in [1.29, 1.82) is 0 Å².